The van der Waals surface area contributed by atoms with Gasteiger partial charge in [0.05, 0.1) is 5.56 Å². The molecule has 0 heterocycles. The quantitative estimate of drug-likeness (QED) is 0.616. The van der Waals surface area contributed by atoms with Crippen LogP contribution in [0.4, 0.5) is 5.69 Å². The molecule has 0 aliphatic carbocycles. The Kier molecular flexibility index (Phi) is 6.03. The molecule has 5 heteroatoms. The van der Waals surface area contributed by atoms with Gasteiger partial charge in [0.25, 0.3) is 5.91 Å². The minimum Gasteiger partial charge on any atom is -0.449 e. The van der Waals surface area contributed by atoms with Crippen molar-refractivity contribution in [3.8, 4) is 0 Å². The third-order valence-electron chi connectivity index (χ3n) is 2.85. The molecule has 0 bridgehead atoms. The first-order chi connectivity index (χ1) is 9.41. The van der Waals surface area contributed by atoms with Gasteiger partial charge in [-0.3, -0.25) is 4.79 Å². The Morgan fingerprint density at radius 3 is 2.50 bits per heavy atom. The van der Waals surface area contributed by atoms with E-state index in [1.165, 1.54) is 0 Å². The maximum atomic E-state index is 11.9. The Morgan fingerprint density at radius 2 is 1.90 bits per heavy atom. The smallest absolute Gasteiger partial charge is 0.341 e. The van der Waals surface area contributed by atoms with Crippen molar-refractivity contribution in [3.63, 3.8) is 0 Å². The Bertz CT molecular complexity index is 472. The molecule has 20 heavy (non-hydrogen) atoms. The number of esters is 1. The number of nitrogen functional groups attached to an aromatic ring is 1. The predicted molar refractivity (Wildman–Crippen MR) is 78.2 cm³/mol. The summed E-state index contributed by atoms with van der Waals surface area (Å²) in [6.45, 7) is 6.27. The van der Waals surface area contributed by atoms with Crippen LogP contribution in [0.1, 0.15) is 37.6 Å². The molecular formula is C15H22N2O3. The highest BCUT2D eigenvalue weighted by Gasteiger charge is 2.19. The average molecular weight is 278 g/mol. The number of nitrogens with two attached hydrogens (primary N) is 1. The summed E-state index contributed by atoms with van der Waals surface area (Å²) < 4.78 is 5.11. The largest absolute Gasteiger partial charge is 0.449 e. The number of nitrogens with one attached hydrogen (secondary N) is 1. The summed E-state index contributed by atoms with van der Waals surface area (Å²) in [6.07, 6.45) is 0.0483. The Balaban J connectivity index is 2.49. The standard InChI is InChI=1S/C15H22N2O3/c1-10(2)8-9-17-14(18)11(3)20-15(19)12-6-4-5-7-13(12)16/h4-7,10-11H,8-9,16H2,1-3H3,(H,17,18). The molecule has 1 aromatic rings. The second-order valence-corrected chi connectivity index (χ2v) is 5.11. The van der Waals surface area contributed by atoms with E-state index in [0.29, 0.717) is 18.2 Å². The molecule has 0 saturated carbocycles. The zero-order chi connectivity index (χ0) is 15.1. The van der Waals surface area contributed by atoms with Crippen LogP contribution >= 0.6 is 0 Å². The highest BCUT2D eigenvalue weighted by Crippen LogP contribution is 2.12. The summed E-state index contributed by atoms with van der Waals surface area (Å²) in [5.74, 6) is -0.375. The lowest BCUT2D eigenvalue weighted by atomic mass is 10.1. The van der Waals surface area contributed by atoms with E-state index in [9.17, 15) is 9.59 Å². The monoisotopic (exact) mass is 278 g/mol. The van der Waals surface area contributed by atoms with E-state index < -0.39 is 12.1 Å². The summed E-state index contributed by atoms with van der Waals surface area (Å²) in [5.41, 5.74) is 6.30. The van der Waals surface area contributed by atoms with Gasteiger partial charge in [-0.25, -0.2) is 4.79 Å². The molecule has 1 rings (SSSR count). The van der Waals surface area contributed by atoms with E-state index in [0.717, 1.165) is 6.42 Å². The van der Waals surface area contributed by atoms with E-state index in [4.69, 9.17) is 10.5 Å². The normalized spacial score (nSPS) is 12.0. The maximum Gasteiger partial charge on any atom is 0.341 e. The van der Waals surface area contributed by atoms with Crippen molar-refractivity contribution < 1.29 is 14.3 Å². The van der Waals surface area contributed by atoms with E-state index in [1.807, 2.05) is 0 Å². The summed E-state index contributed by atoms with van der Waals surface area (Å²) in [7, 11) is 0. The Hall–Kier alpha value is -2.04. The summed E-state index contributed by atoms with van der Waals surface area (Å²) in [6, 6.07) is 6.61. The van der Waals surface area contributed by atoms with Gasteiger partial charge in [0.1, 0.15) is 0 Å². The number of carbonyl (C=O) groups is 2. The van der Waals surface area contributed by atoms with Gasteiger partial charge in [0.15, 0.2) is 6.10 Å². The van der Waals surface area contributed by atoms with Crippen LogP contribution in [0.5, 0.6) is 0 Å². The summed E-state index contributed by atoms with van der Waals surface area (Å²) in [4.78, 5) is 23.6. The lowest BCUT2D eigenvalue weighted by Gasteiger charge is -2.14. The number of para-hydroxylation sites is 1. The van der Waals surface area contributed by atoms with Gasteiger partial charge in [-0.15, -0.1) is 0 Å². The van der Waals surface area contributed by atoms with Crippen LogP contribution in [0.2, 0.25) is 0 Å². The lowest BCUT2D eigenvalue weighted by molar-refractivity contribution is -0.129. The number of amides is 1. The van der Waals surface area contributed by atoms with Crippen molar-refractivity contribution in [1.29, 1.82) is 0 Å². The molecule has 1 atom stereocenters. The van der Waals surface area contributed by atoms with Gasteiger partial charge in [-0.2, -0.15) is 0 Å². The van der Waals surface area contributed by atoms with Crippen molar-refractivity contribution >= 4 is 17.6 Å². The number of rotatable bonds is 6. The molecule has 0 aromatic heterocycles. The van der Waals surface area contributed by atoms with Gasteiger partial charge >= 0.3 is 5.97 Å². The molecule has 1 unspecified atom stereocenters. The van der Waals surface area contributed by atoms with Crippen molar-refractivity contribution in [2.24, 2.45) is 5.92 Å². The highest BCUT2D eigenvalue weighted by molar-refractivity contribution is 5.96. The fourth-order valence-corrected chi connectivity index (χ4v) is 1.59. The first kappa shape index (κ1) is 16.0. The van der Waals surface area contributed by atoms with Gasteiger partial charge in [-0.1, -0.05) is 26.0 Å². The summed E-state index contributed by atoms with van der Waals surface area (Å²) >= 11 is 0. The molecule has 110 valence electrons. The minimum absolute atomic E-state index is 0.273. The van der Waals surface area contributed by atoms with Crippen LogP contribution in [-0.4, -0.2) is 24.5 Å². The lowest BCUT2D eigenvalue weighted by Crippen LogP contribution is -2.36. The fraction of sp³-hybridized carbons (Fsp3) is 0.467. The number of ether oxygens (including phenoxy) is 1. The Morgan fingerprint density at radius 1 is 1.25 bits per heavy atom. The van der Waals surface area contributed by atoms with Crippen molar-refractivity contribution in [2.75, 3.05) is 12.3 Å². The number of benzene rings is 1. The Labute approximate surface area is 119 Å². The number of hydrogen-bond donors (Lipinski definition) is 2. The molecule has 0 aliphatic rings. The van der Waals surface area contributed by atoms with Crippen LogP contribution in [-0.2, 0) is 9.53 Å². The van der Waals surface area contributed by atoms with Crippen molar-refractivity contribution in [1.82, 2.24) is 5.32 Å². The number of carbonyl (C=O) groups excluding carboxylic acids is 2. The minimum atomic E-state index is -0.839. The van der Waals surface area contributed by atoms with Crippen LogP contribution < -0.4 is 11.1 Å². The van der Waals surface area contributed by atoms with E-state index in [2.05, 4.69) is 19.2 Å². The predicted octanol–water partition coefficient (Wildman–Crippen LogP) is 1.98. The third-order valence-corrected chi connectivity index (χ3v) is 2.85. The molecule has 1 aromatic carbocycles. The zero-order valence-electron chi connectivity index (χ0n) is 12.2. The van der Waals surface area contributed by atoms with E-state index in [1.54, 1.807) is 31.2 Å². The van der Waals surface area contributed by atoms with Crippen molar-refractivity contribution in [3.05, 3.63) is 29.8 Å². The van der Waals surface area contributed by atoms with Crippen LogP contribution in [0.25, 0.3) is 0 Å². The molecule has 0 saturated heterocycles. The van der Waals surface area contributed by atoms with Crippen LogP contribution in [0, 0.1) is 5.92 Å². The molecule has 3 N–H and O–H groups in total. The zero-order valence-corrected chi connectivity index (χ0v) is 12.2. The molecule has 5 nitrogen and oxygen atoms in total. The average Bonchev–Trinajstić information content (AvgIpc) is 2.38. The molecule has 1 amide bonds. The van der Waals surface area contributed by atoms with Gasteiger partial charge in [-0.05, 0) is 31.4 Å². The first-order valence-electron chi connectivity index (χ1n) is 6.75. The molecule has 0 fully saturated rings. The molecule has 0 spiro atoms. The van der Waals surface area contributed by atoms with E-state index >= 15 is 0 Å². The SMILES string of the molecule is CC(C)CCNC(=O)C(C)OC(=O)c1ccccc1N. The topological polar surface area (TPSA) is 81.4 Å². The van der Waals surface area contributed by atoms with Gasteiger partial charge in [0.2, 0.25) is 0 Å². The first-order valence-corrected chi connectivity index (χ1v) is 6.75. The molecular weight excluding hydrogens is 256 g/mol. The molecule has 0 radical (unpaired) electrons. The highest BCUT2D eigenvalue weighted by atomic mass is 16.5. The number of hydrogen-bond acceptors (Lipinski definition) is 4. The number of anilines is 1. The maximum absolute atomic E-state index is 11.9. The van der Waals surface area contributed by atoms with E-state index in [-0.39, 0.29) is 11.5 Å². The van der Waals surface area contributed by atoms with Crippen LogP contribution in [0.15, 0.2) is 24.3 Å². The molecule has 0 aliphatic heterocycles. The van der Waals surface area contributed by atoms with Gasteiger partial charge in [0, 0.05) is 12.2 Å². The second-order valence-electron chi connectivity index (χ2n) is 5.11. The van der Waals surface area contributed by atoms with Crippen molar-refractivity contribution in [2.45, 2.75) is 33.3 Å². The van der Waals surface area contributed by atoms with Crippen LogP contribution in [0.3, 0.4) is 0 Å². The third kappa shape index (κ3) is 4.91. The second kappa shape index (κ2) is 7.53. The fourth-order valence-electron chi connectivity index (χ4n) is 1.59. The summed E-state index contributed by atoms with van der Waals surface area (Å²) in [5, 5.41) is 2.74. The van der Waals surface area contributed by atoms with Gasteiger partial charge < -0.3 is 15.8 Å².